The van der Waals surface area contributed by atoms with Gasteiger partial charge in [-0.15, -0.1) is 5.10 Å². The summed E-state index contributed by atoms with van der Waals surface area (Å²) < 4.78 is 15.0. The molecule has 4 aromatic rings. The van der Waals surface area contributed by atoms with Gasteiger partial charge in [0.05, 0.1) is 5.69 Å². The van der Waals surface area contributed by atoms with E-state index in [9.17, 15) is 14.0 Å². The number of pyridine rings is 1. The first-order chi connectivity index (χ1) is 17.0. The number of nitrogens with zero attached hydrogens (tertiary/aromatic N) is 5. The van der Waals surface area contributed by atoms with Crippen molar-refractivity contribution >= 4 is 23.4 Å². The number of benzene rings is 2. The van der Waals surface area contributed by atoms with Crippen LogP contribution in [0.4, 0.5) is 4.39 Å². The highest BCUT2D eigenvalue weighted by atomic mass is 35.5. The summed E-state index contributed by atoms with van der Waals surface area (Å²) in [5.41, 5.74) is 2.52. The van der Waals surface area contributed by atoms with E-state index in [-0.39, 0.29) is 24.4 Å². The number of aromatic nitrogens is 5. The summed E-state index contributed by atoms with van der Waals surface area (Å²) in [7, 11) is 0. The Morgan fingerprint density at radius 3 is 2.66 bits per heavy atom. The Kier molecular flexibility index (Phi) is 7.74. The standard InChI is InChI=1S/C24H21ClFN7O2/c25-19-6-7-21(33-15-29-31-32-33)17(13-19)8-11-28-24(35)20(12-16-4-2-1-3-5-16)30-23(34)18-9-10-27-22(26)14-18/h1-7,9-10,13-15,20H,8,11-12H2,(H,28,35)(H,30,34)/t20-/m0/s1. The fourth-order valence-electron chi connectivity index (χ4n) is 3.54. The maximum Gasteiger partial charge on any atom is 0.252 e. The second-order valence-electron chi connectivity index (χ2n) is 7.65. The third-order valence-electron chi connectivity index (χ3n) is 5.22. The predicted octanol–water partition coefficient (Wildman–Crippen LogP) is 2.55. The second kappa shape index (κ2) is 11.3. The SMILES string of the molecule is O=C(N[C@@H](Cc1ccccc1)C(=O)NCCc1cc(Cl)ccc1-n1cnnn1)c1ccnc(F)c1. The molecule has 2 N–H and O–H groups in total. The number of rotatable bonds is 9. The average molecular weight is 494 g/mol. The molecule has 0 saturated carbocycles. The Morgan fingerprint density at radius 2 is 1.91 bits per heavy atom. The van der Waals surface area contributed by atoms with Gasteiger partial charge < -0.3 is 10.6 Å². The first-order valence-electron chi connectivity index (χ1n) is 10.8. The van der Waals surface area contributed by atoms with E-state index in [1.54, 1.807) is 18.2 Å². The maximum absolute atomic E-state index is 13.5. The number of nitrogens with one attached hydrogen (secondary N) is 2. The highest BCUT2D eigenvalue weighted by Gasteiger charge is 2.22. The quantitative estimate of drug-likeness (QED) is 0.346. The van der Waals surface area contributed by atoms with E-state index in [4.69, 9.17) is 11.6 Å². The van der Waals surface area contributed by atoms with Crippen molar-refractivity contribution in [3.63, 3.8) is 0 Å². The molecule has 0 aliphatic heterocycles. The molecule has 0 fully saturated rings. The van der Waals surface area contributed by atoms with Crippen LogP contribution >= 0.6 is 11.6 Å². The molecule has 2 amide bonds. The number of halogens is 2. The van der Waals surface area contributed by atoms with Crippen molar-refractivity contribution in [2.24, 2.45) is 0 Å². The van der Waals surface area contributed by atoms with E-state index in [0.29, 0.717) is 11.4 Å². The van der Waals surface area contributed by atoms with Crippen LogP contribution in [0.25, 0.3) is 5.69 Å². The summed E-state index contributed by atoms with van der Waals surface area (Å²) in [6.45, 7) is 0.277. The van der Waals surface area contributed by atoms with E-state index in [1.807, 2.05) is 30.3 Å². The fraction of sp³-hybridized carbons (Fsp3) is 0.167. The summed E-state index contributed by atoms with van der Waals surface area (Å²) in [5.74, 6) is -1.72. The van der Waals surface area contributed by atoms with Crippen molar-refractivity contribution < 1.29 is 14.0 Å². The van der Waals surface area contributed by atoms with Gasteiger partial charge in [0.25, 0.3) is 5.91 Å². The Labute approximate surface area is 205 Å². The molecular weight excluding hydrogens is 473 g/mol. The fourth-order valence-corrected chi connectivity index (χ4v) is 3.73. The predicted molar refractivity (Wildman–Crippen MR) is 126 cm³/mol. The highest BCUT2D eigenvalue weighted by molar-refractivity contribution is 6.30. The summed E-state index contributed by atoms with van der Waals surface area (Å²) in [5, 5.41) is 17.3. The van der Waals surface area contributed by atoms with Gasteiger partial charge in [-0.25, -0.2) is 9.67 Å². The van der Waals surface area contributed by atoms with Gasteiger partial charge in [-0.1, -0.05) is 41.9 Å². The molecule has 0 aliphatic rings. The van der Waals surface area contributed by atoms with Crippen molar-refractivity contribution in [2.75, 3.05) is 6.54 Å². The van der Waals surface area contributed by atoms with Crippen molar-refractivity contribution in [2.45, 2.75) is 18.9 Å². The first-order valence-corrected chi connectivity index (χ1v) is 11.1. The lowest BCUT2D eigenvalue weighted by Gasteiger charge is -2.19. The van der Waals surface area contributed by atoms with Crippen LogP contribution in [0.5, 0.6) is 0 Å². The molecule has 2 aromatic carbocycles. The van der Waals surface area contributed by atoms with Gasteiger partial charge >= 0.3 is 0 Å². The molecule has 2 aromatic heterocycles. The minimum absolute atomic E-state index is 0.0772. The minimum Gasteiger partial charge on any atom is -0.354 e. The Hall–Kier alpha value is -4.18. The molecule has 0 saturated heterocycles. The van der Waals surface area contributed by atoms with Crippen LogP contribution in [0.2, 0.25) is 5.02 Å². The largest absolute Gasteiger partial charge is 0.354 e. The number of hydrogen-bond donors (Lipinski definition) is 2. The highest BCUT2D eigenvalue weighted by Crippen LogP contribution is 2.19. The summed E-state index contributed by atoms with van der Waals surface area (Å²) >= 11 is 6.16. The lowest BCUT2D eigenvalue weighted by molar-refractivity contribution is -0.122. The molecule has 0 spiro atoms. The second-order valence-corrected chi connectivity index (χ2v) is 8.09. The van der Waals surface area contributed by atoms with Gasteiger partial charge in [0.1, 0.15) is 12.4 Å². The molecule has 11 heteroatoms. The zero-order chi connectivity index (χ0) is 24.6. The summed E-state index contributed by atoms with van der Waals surface area (Å²) in [4.78, 5) is 29.2. The lowest BCUT2D eigenvalue weighted by Crippen LogP contribution is -2.48. The summed E-state index contributed by atoms with van der Waals surface area (Å²) in [6, 6.07) is 16.1. The molecule has 0 unspecified atom stereocenters. The Bertz CT molecular complexity index is 1300. The molecule has 178 valence electrons. The van der Waals surface area contributed by atoms with E-state index in [2.05, 4.69) is 31.1 Å². The molecule has 9 nitrogen and oxygen atoms in total. The van der Waals surface area contributed by atoms with Gasteiger partial charge in [-0.05, 0) is 52.2 Å². The van der Waals surface area contributed by atoms with Gasteiger partial charge in [-0.3, -0.25) is 9.59 Å². The molecular formula is C24H21ClFN7O2. The van der Waals surface area contributed by atoms with Gasteiger partial charge in [0.15, 0.2) is 0 Å². The molecule has 0 aliphatic carbocycles. The van der Waals surface area contributed by atoms with Crippen molar-refractivity contribution in [3.8, 4) is 5.69 Å². The van der Waals surface area contributed by atoms with Crippen molar-refractivity contribution in [1.29, 1.82) is 0 Å². The smallest absolute Gasteiger partial charge is 0.252 e. The third-order valence-corrected chi connectivity index (χ3v) is 5.46. The monoisotopic (exact) mass is 493 g/mol. The lowest BCUT2D eigenvalue weighted by atomic mass is 10.0. The van der Waals surface area contributed by atoms with E-state index < -0.39 is 17.9 Å². The number of tetrazole rings is 1. The van der Waals surface area contributed by atoms with Crippen LogP contribution in [-0.2, 0) is 17.6 Å². The van der Waals surface area contributed by atoms with E-state index >= 15 is 0 Å². The molecule has 0 radical (unpaired) electrons. The van der Waals surface area contributed by atoms with Gasteiger partial charge in [0, 0.05) is 35.8 Å². The molecule has 1 atom stereocenters. The molecule has 4 rings (SSSR count). The minimum atomic E-state index is -0.875. The van der Waals surface area contributed by atoms with E-state index in [1.165, 1.54) is 23.3 Å². The topological polar surface area (TPSA) is 115 Å². The summed E-state index contributed by atoms with van der Waals surface area (Å²) in [6.07, 6.45) is 3.38. The maximum atomic E-state index is 13.5. The zero-order valence-electron chi connectivity index (χ0n) is 18.4. The van der Waals surface area contributed by atoms with Crippen LogP contribution in [0.3, 0.4) is 0 Å². The molecule has 0 bridgehead atoms. The zero-order valence-corrected chi connectivity index (χ0v) is 19.2. The Balaban J connectivity index is 1.45. The van der Waals surface area contributed by atoms with Crippen LogP contribution in [-0.4, -0.2) is 49.6 Å². The number of hydrogen-bond acceptors (Lipinski definition) is 6. The van der Waals surface area contributed by atoms with Gasteiger partial charge in [-0.2, -0.15) is 4.39 Å². The number of carbonyl (C=O) groups excluding carboxylic acids is 2. The third kappa shape index (κ3) is 6.45. The van der Waals surface area contributed by atoms with Crippen LogP contribution in [0.15, 0.2) is 73.2 Å². The first kappa shape index (κ1) is 24.0. The van der Waals surface area contributed by atoms with Crippen LogP contribution in [0, 0.1) is 5.95 Å². The normalized spacial score (nSPS) is 11.6. The Morgan fingerprint density at radius 1 is 1.09 bits per heavy atom. The number of amides is 2. The molecule has 2 heterocycles. The van der Waals surface area contributed by atoms with Crippen LogP contribution < -0.4 is 10.6 Å². The van der Waals surface area contributed by atoms with Crippen LogP contribution in [0.1, 0.15) is 21.5 Å². The number of carbonyl (C=O) groups is 2. The van der Waals surface area contributed by atoms with E-state index in [0.717, 1.165) is 22.9 Å². The molecule has 35 heavy (non-hydrogen) atoms. The van der Waals surface area contributed by atoms with Crippen molar-refractivity contribution in [3.05, 3.63) is 101 Å². The average Bonchev–Trinajstić information content (AvgIpc) is 3.39. The van der Waals surface area contributed by atoms with Crippen molar-refractivity contribution in [1.82, 2.24) is 35.8 Å². The van der Waals surface area contributed by atoms with Gasteiger partial charge in [0.2, 0.25) is 11.9 Å².